The van der Waals surface area contributed by atoms with Crippen LogP contribution in [-0.2, 0) is 5.88 Å². The van der Waals surface area contributed by atoms with Gasteiger partial charge in [-0.3, -0.25) is 0 Å². The molecule has 1 nitrogen and oxygen atoms in total. The van der Waals surface area contributed by atoms with Crippen molar-refractivity contribution in [3.05, 3.63) is 28.8 Å². The molecule has 0 aliphatic carbocycles. The Morgan fingerprint density at radius 2 is 2.00 bits per heavy atom. The zero-order valence-electron chi connectivity index (χ0n) is 10.8. The topological polar surface area (TPSA) is 3.24 Å². The molecule has 0 amide bonds. The average Bonchev–Trinajstić information content (AvgIpc) is 2.35. The monoisotopic (exact) mass is 273 g/mol. The molecule has 1 rings (SSSR count). The lowest BCUT2D eigenvalue weighted by Gasteiger charge is -2.29. The van der Waals surface area contributed by atoms with Crippen LogP contribution in [0.15, 0.2) is 18.2 Å². The van der Waals surface area contributed by atoms with Gasteiger partial charge in [-0.2, -0.15) is 0 Å². The zero-order valence-corrected chi connectivity index (χ0v) is 12.4. The molecule has 0 saturated carbocycles. The van der Waals surface area contributed by atoms with Crippen LogP contribution in [0.4, 0.5) is 5.69 Å². The van der Waals surface area contributed by atoms with Gasteiger partial charge in [0.2, 0.25) is 0 Å². The van der Waals surface area contributed by atoms with Crippen molar-refractivity contribution < 1.29 is 0 Å². The molecule has 1 aromatic rings. The predicted octanol–water partition coefficient (Wildman–Crippen LogP) is 4.95. The summed E-state index contributed by atoms with van der Waals surface area (Å²) in [7, 11) is 0. The summed E-state index contributed by atoms with van der Waals surface area (Å²) in [5, 5.41) is 0.799. The van der Waals surface area contributed by atoms with Crippen LogP contribution >= 0.6 is 23.2 Å². The van der Waals surface area contributed by atoms with E-state index in [-0.39, 0.29) is 0 Å². The summed E-state index contributed by atoms with van der Waals surface area (Å²) in [6.07, 6.45) is 1.18. The van der Waals surface area contributed by atoms with Crippen LogP contribution in [-0.4, -0.2) is 13.1 Å². The molecule has 96 valence electrons. The van der Waals surface area contributed by atoms with Gasteiger partial charge in [0, 0.05) is 19.0 Å². The van der Waals surface area contributed by atoms with Crippen molar-refractivity contribution in [3.8, 4) is 0 Å². The smallest absolute Gasteiger partial charge is 0.0642 e. The summed E-state index contributed by atoms with van der Waals surface area (Å²) in [6, 6.07) is 5.94. The van der Waals surface area contributed by atoms with Crippen LogP contribution in [0.5, 0.6) is 0 Å². The summed E-state index contributed by atoms with van der Waals surface area (Å²) in [5.41, 5.74) is 2.22. The minimum Gasteiger partial charge on any atom is -0.370 e. The number of benzene rings is 1. The fourth-order valence-corrected chi connectivity index (χ4v) is 2.44. The van der Waals surface area contributed by atoms with Crippen LogP contribution in [0.2, 0.25) is 5.02 Å². The van der Waals surface area contributed by atoms with E-state index in [4.69, 9.17) is 23.2 Å². The summed E-state index contributed by atoms with van der Waals surface area (Å²) < 4.78 is 0. The Labute approximate surface area is 115 Å². The number of hydrogen-bond acceptors (Lipinski definition) is 1. The molecule has 17 heavy (non-hydrogen) atoms. The molecule has 3 heteroatoms. The number of alkyl halides is 1. The van der Waals surface area contributed by atoms with E-state index in [1.165, 1.54) is 6.42 Å². The quantitative estimate of drug-likeness (QED) is 0.663. The Kier molecular flexibility index (Phi) is 6.15. The molecule has 1 aromatic carbocycles. The van der Waals surface area contributed by atoms with Crippen LogP contribution in [0.25, 0.3) is 0 Å². The maximum absolute atomic E-state index is 6.31. The summed E-state index contributed by atoms with van der Waals surface area (Å²) in [4.78, 5) is 2.33. The maximum atomic E-state index is 6.31. The van der Waals surface area contributed by atoms with Gasteiger partial charge in [0.25, 0.3) is 0 Å². The molecule has 1 unspecified atom stereocenters. The molecule has 0 N–H and O–H groups in total. The predicted molar refractivity (Wildman–Crippen MR) is 78.4 cm³/mol. The molecule has 0 aliphatic heterocycles. The van der Waals surface area contributed by atoms with Gasteiger partial charge >= 0.3 is 0 Å². The number of nitrogens with zero attached hydrogens (tertiary/aromatic N) is 1. The van der Waals surface area contributed by atoms with Crippen molar-refractivity contribution >= 4 is 28.9 Å². The van der Waals surface area contributed by atoms with Crippen molar-refractivity contribution in [2.75, 3.05) is 18.0 Å². The molecule has 0 saturated heterocycles. The Balaban J connectivity index is 3.02. The molecular weight excluding hydrogens is 253 g/mol. The highest BCUT2D eigenvalue weighted by molar-refractivity contribution is 6.33. The highest BCUT2D eigenvalue weighted by atomic mass is 35.5. The lowest BCUT2D eigenvalue weighted by atomic mass is 10.1. The van der Waals surface area contributed by atoms with Gasteiger partial charge in [-0.15, -0.1) is 11.6 Å². The van der Waals surface area contributed by atoms with Gasteiger partial charge in [-0.05, 0) is 24.5 Å². The fraction of sp³-hybridized carbons (Fsp3) is 0.571. The minimum absolute atomic E-state index is 0.507. The highest BCUT2D eigenvalue weighted by Gasteiger charge is 2.15. The van der Waals surface area contributed by atoms with Crippen molar-refractivity contribution in [1.82, 2.24) is 0 Å². The van der Waals surface area contributed by atoms with Gasteiger partial charge in [-0.1, -0.05) is 44.0 Å². The fourth-order valence-electron chi connectivity index (χ4n) is 1.91. The lowest BCUT2D eigenvalue weighted by Crippen LogP contribution is -2.29. The first-order valence-corrected chi connectivity index (χ1v) is 7.13. The third kappa shape index (κ3) is 3.79. The Hall–Kier alpha value is -0.400. The van der Waals surface area contributed by atoms with E-state index in [9.17, 15) is 0 Å². The van der Waals surface area contributed by atoms with Gasteiger partial charge in [0.15, 0.2) is 0 Å². The second kappa shape index (κ2) is 7.13. The molecule has 0 spiro atoms. The van der Waals surface area contributed by atoms with Crippen molar-refractivity contribution in [2.45, 2.75) is 33.1 Å². The lowest BCUT2D eigenvalue weighted by molar-refractivity contribution is 0.547. The normalized spacial score (nSPS) is 12.5. The van der Waals surface area contributed by atoms with E-state index in [2.05, 4.69) is 25.7 Å². The molecular formula is C14H21Cl2N. The van der Waals surface area contributed by atoms with Gasteiger partial charge in [-0.25, -0.2) is 0 Å². The van der Waals surface area contributed by atoms with Crippen molar-refractivity contribution in [3.63, 3.8) is 0 Å². The standard InChI is InChI=1S/C14H21Cl2N/c1-4-11(3)10-17(5-2)14-12(9-15)7-6-8-13(14)16/h6-8,11H,4-5,9-10H2,1-3H3. The molecule has 0 radical (unpaired) electrons. The molecule has 0 aromatic heterocycles. The van der Waals surface area contributed by atoms with Crippen LogP contribution in [0.1, 0.15) is 32.8 Å². The first-order chi connectivity index (χ1) is 8.13. The van der Waals surface area contributed by atoms with E-state index < -0.39 is 0 Å². The second-order valence-corrected chi connectivity index (χ2v) is 5.11. The van der Waals surface area contributed by atoms with Crippen molar-refractivity contribution in [1.29, 1.82) is 0 Å². The highest BCUT2D eigenvalue weighted by Crippen LogP contribution is 2.31. The summed E-state index contributed by atoms with van der Waals surface area (Å²) in [5.74, 6) is 1.17. The van der Waals surface area contributed by atoms with E-state index in [1.54, 1.807) is 0 Å². The first-order valence-electron chi connectivity index (χ1n) is 6.22. The number of para-hydroxylation sites is 1. The average molecular weight is 274 g/mol. The molecule has 0 bridgehead atoms. The van der Waals surface area contributed by atoms with E-state index in [1.807, 2.05) is 18.2 Å². The van der Waals surface area contributed by atoms with E-state index in [0.29, 0.717) is 11.8 Å². The Bertz CT molecular complexity index is 352. The molecule has 0 heterocycles. The first kappa shape index (κ1) is 14.7. The minimum atomic E-state index is 0.507. The largest absolute Gasteiger partial charge is 0.370 e. The van der Waals surface area contributed by atoms with Gasteiger partial charge in [0.05, 0.1) is 10.7 Å². The molecule has 0 aliphatic rings. The SMILES string of the molecule is CCC(C)CN(CC)c1c(Cl)cccc1CCl. The third-order valence-corrected chi connectivity index (χ3v) is 3.73. The van der Waals surface area contributed by atoms with Crippen LogP contribution in [0, 0.1) is 5.92 Å². The van der Waals surface area contributed by atoms with Crippen LogP contribution in [0.3, 0.4) is 0 Å². The van der Waals surface area contributed by atoms with Gasteiger partial charge < -0.3 is 4.90 Å². The summed E-state index contributed by atoms with van der Waals surface area (Å²) in [6.45, 7) is 8.62. The number of halogens is 2. The number of hydrogen-bond donors (Lipinski definition) is 0. The number of anilines is 1. The third-order valence-electron chi connectivity index (χ3n) is 3.14. The summed E-state index contributed by atoms with van der Waals surface area (Å²) >= 11 is 12.3. The Morgan fingerprint density at radius 3 is 2.53 bits per heavy atom. The maximum Gasteiger partial charge on any atom is 0.0642 e. The van der Waals surface area contributed by atoms with Crippen LogP contribution < -0.4 is 4.90 Å². The number of rotatable bonds is 6. The Morgan fingerprint density at radius 1 is 1.29 bits per heavy atom. The zero-order chi connectivity index (χ0) is 12.8. The van der Waals surface area contributed by atoms with E-state index in [0.717, 1.165) is 29.4 Å². The second-order valence-electron chi connectivity index (χ2n) is 4.43. The van der Waals surface area contributed by atoms with Gasteiger partial charge in [0.1, 0.15) is 0 Å². The molecule has 1 atom stereocenters. The molecule has 0 fully saturated rings. The van der Waals surface area contributed by atoms with E-state index >= 15 is 0 Å². The van der Waals surface area contributed by atoms with Crippen molar-refractivity contribution in [2.24, 2.45) is 5.92 Å².